The van der Waals surface area contributed by atoms with E-state index in [4.69, 9.17) is 0 Å². The summed E-state index contributed by atoms with van der Waals surface area (Å²) in [5.74, 6) is -0.877. The Kier molecular flexibility index (Phi) is 45.3. The van der Waals surface area contributed by atoms with E-state index in [1.165, 1.54) is 238 Å². The molecule has 0 aliphatic rings. The number of amides is 1. The maximum atomic E-state index is 12.6. The summed E-state index contributed by atoms with van der Waals surface area (Å²) >= 11 is 0. The third-order valence-electron chi connectivity index (χ3n) is 12.6. The smallest absolute Gasteiger partial charge is 0.266 e. The molecule has 2 unspecified atom stereocenters. The molecule has 0 radical (unpaired) electrons. The standard InChI is InChI=1S/C51H103NO5S/c1-3-5-7-9-11-13-15-17-19-21-23-25-26-27-29-31-33-35-37-39-41-43-45-47-51(54)52-49(48-58(55,56)57)50(53)46-44-42-40-38-36-34-32-30-28-24-22-20-18-16-14-12-10-8-6-4-2/h49-50,53H,3-48H2,1-2H3,(H,52,54)(H,55,56,57). The van der Waals surface area contributed by atoms with Crippen LogP contribution in [0.2, 0.25) is 0 Å². The van der Waals surface area contributed by atoms with Gasteiger partial charge in [-0.2, -0.15) is 8.42 Å². The van der Waals surface area contributed by atoms with Crippen LogP contribution in [0.4, 0.5) is 0 Å². The molecular weight excluding hydrogens is 739 g/mol. The van der Waals surface area contributed by atoms with Gasteiger partial charge in [-0.3, -0.25) is 9.35 Å². The number of aliphatic hydroxyl groups excluding tert-OH is 1. The summed E-state index contributed by atoms with van der Waals surface area (Å²) in [7, 11) is -4.31. The molecule has 0 spiro atoms. The Morgan fingerprint density at radius 2 is 0.621 bits per heavy atom. The first-order valence-corrected chi connectivity index (χ1v) is 27.8. The molecule has 0 bridgehead atoms. The number of nitrogens with one attached hydrogen (secondary N) is 1. The number of carbonyl (C=O) groups is 1. The van der Waals surface area contributed by atoms with Gasteiger partial charge >= 0.3 is 0 Å². The van der Waals surface area contributed by atoms with Crippen LogP contribution in [0.15, 0.2) is 0 Å². The highest BCUT2D eigenvalue weighted by atomic mass is 32.2. The molecule has 1 amide bonds. The predicted octanol–water partition coefficient (Wildman–Crippen LogP) is 16.3. The summed E-state index contributed by atoms with van der Waals surface area (Å²) in [5.41, 5.74) is 0. The molecule has 2 atom stereocenters. The van der Waals surface area contributed by atoms with Crippen molar-refractivity contribution in [2.45, 2.75) is 315 Å². The number of hydrogen-bond acceptors (Lipinski definition) is 4. The fourth-order valence-electron chi connectivity index (χ4n) is 8.64. The highest BCUT2D eigenvalue weighted by molar-refractivity contribution is 7.85. The van der Waals surface area contributed by atoms with Gasteiger partial charge in [0, 0.05) is 6.42 Å². The van der Waals surface area contributed by atoms with Gasteiger partial charge in [-0.15, -0.1) is 0 Å². The third-order valence-corrected chi connectivity index (χ3v) is 13.3. The zero-order valence-corrected chi connectivity index (χ0v) is 40.0. The van der Waals surface area contributed by atoms with Crippen molar-refractivity contribution >= 4 is 16.0 Å². The van der Waals surface area contributed by atoms with Crippen LogP contribution in [0.5, 0.6) is 0 Å². The lowest BCUT2D eigenvalue weighted by atomic mass is 10.0. The Morgan fingerprint density at radius 1 is 0.397 bits per heavy atom. The van der Waals surface area contributed by atoms with Crippen LogP contribution >= 0.6 is 0 Å². The Hall–Kier alpha value is -0.660. The number of rotatable bonds is 49. The van der Waals surface area contributed by atoms with Gasteiger partial charge in [0.15, 0.2) is 0 Å². The first-order valence-electron chi connectivity index (χ1n) is 26.2. The van der Waals surface area contributed by atoms with Crippen LogP contribution in [0.1, 0.15) is 303 Å². The lowest BCUT2D eigenvalue weighted by Crippen LogP contribution is -2.47. The van der Waals surface area contributed by atoms with Crippen LogP contribution in [0, 0.1) is 0 Å². The van der Waals surface area contributed by atoms with E-state index in [-0.39, 0.29) is 5.91 Å². The first kappa shape index (κ1) is 57.3. The normalized spacial score (nSPS) is 13.0. The molecule has 0 rings (SSSR count). The Labute approximate surface area is 363 Å². The van der Waals surface area contributed by atoms with E-state index < -0.39 is 28.0 Å². The van der Waals surface area contributed by atoms with Crippen LogP contribution in [0.3, 0.4) is 0 Å². The van der Waals surface area contributed by atoms with Crippen molar-refractivity contribution in [2.75, 3.05) is 5.75 Å². The molecule has 7 heteroatoms. The molecule has 0 aliphatic carbocycles. The maximum absolute atomic E-state index is 12.6. The zero-order valence-electron chi connectivity index (χ0n) is 39.2. The third kappa shape index (κ3) is 46.4. The van der Waals surface area contributed by atoms with Gasteiger partial charge in [0.2, 0.25) is 5.91 Å². The second-order valence-corrected chi connectivity index (χ2v) is 20.0. The van der Waals surface area contributed by atoms with E-state index in [2.05, 4.69) is 19.2 Å². The van der Waals surface area contributed by atoms with E-state index in [0.717, 1.165) is 38.5 Å². The average molecular weight is 842 g/mol. The van der Waals surface area contributed by atoms with Gasteiger partial charge in [0.05, 0.1) is 17.9 Å². The van der Waals surface area contributed by atoms with Crippen molar-refractivity contribution in [2.24, 2.45) is 0 Å². The second kappa shape index (κ2) is 45.9. The minimum Gasteiger partial charge on any atom is -0.391 e. The zero-order chi connectivity index (χ0) is 42.5. The summed E-state index contributed by atoms with van der Waals surface area (Å²) in [6.45, 7) is 4.57. The molecule has 348 valence electrons. The average Bonchev–Trinajstić information content (AvgIpc) is 3.19. The van der Waals surface area contributed by atoms with E-state index in [9.17, 15) is 22.9 Å². The van der Waals surface area contributed by atoms with Gasteiger partial charge in [-0.1, -0.05) is 284 Å². The molecule has 58 heavy (non-hydrogen) atoms. The van der Waals surface area contributed by atoms with Gasteiger partial charge < -0.3 is 10.4 Å². The van der Waals surface area contributed by atoms with Crippen molar-refractivity contribution in [3.05, 3.63) is 0 Å². The van der Waals surface area contributed by atoms with Gasteiger partial charge in [0.1, 0.15) is 0 Å². The Balaban J connectivity index is 3.69. The van der Waals surface area contributed by atoms with Crippen molar-refractivity contribution < 1.29 is 22.9 Å². The highest BCUT2D eigenvalue weighted by Gasteiger charge is 2.26. The molecule has 0 saturated carbocycles. The van der Waals surface area contributed by atoms with Crippen molar-refractivity contribution in [1.29, 1.82) is 0 Å². The van der Waals surface area contributed by atoms with Crippen LogP contribution < -0.4 is 5.32 Å². The number of aliphatic hydroxyl groups is 1. The summed E-state index contributed by atoms with van der Waals surface area (Å²) in [5, 5.41) is 13.5. The predicted molar refractivity (Wildman–Crippen MR) is 253 cm³/mol. The molecule has 0 aromatic rings. The van der Waals surface area contributed by atoms with E-state index in [1.807, 2.05) is 0 Å². The molecule has 0 aromatic heterocycles. The largest absolute Gasteiger partial charge is 0.391 e. The second-order valence-electron chi connectivity index (χ2n) is 18.5. The van der Waals surface area contributed by atoms with E-state index >= 15 is 0 Å². The molecule has 3 N–H and O–H groups in total. The maximum Gasteiger partial charge on any atom is 0.266 e. The molecule has 0 fully saturated rings. The lowest BCUT2D eigenvalue weighted by Gasteiger charge is -2.23. The summed E-state index contributed by atoms with van der Waals surface area (Å²) in [4.78, 5) is 12.6. The summed E-state index contributed by atoms with van der Waals surface area (Å²) in [6.07, 6.45) is 56.5. The minimum absolute atomic E-state index is 0.236. The van der Waals surface area contributed by atoms with Crippen molar-refractivity contribution in [1.82, 2.24) is 5.32 Å². The number of hydrogen-bond donors (Lipinski definition) is 3. The fraction of sp³-hybridized carbons (Fsp3) is 0.980. The van der Waals surface area contributed by atoms with Crippen molar-refractivity contribution in [3.63, 3.8) is 0 Å². The fourth-order valence-corrected chi connectivity index (χ4v) is 9.40. The van der Waals surface area contributed by atoms with Crippen LogP contribution in [-0.2, 0) is 14.9 Å². The lowest BCUT2D eigenvalue weighted by molar-refractivity contribution is -0.122. The van der Waals surface area contributed by atoms with Crippen molar-refractivity contribution in [3.8, 4) is 0 Å². The summed E-state index contributed by atoms with van der Waals surface area (Å²) in [6, 6.07) is -0.965. The van der Waals surface area contributed by atoms with E-state index in [0.29, 0.717) is 12.8 Å². The van der Waals surface area contributed by atoms with Crippen LogP contribution in [0.25, 0.3) is 0 Å². The SMILES string of the molecule is CCCCCCCCCCCCCCCCCCCCCCCCCC(=O)NC(CS(=O)(=O)O)C(O)CCCCCCCCCCCCCCCCCCCCCC. The molecule has 0 heterocycles. The number of carbonyl (C=O) groups excluding carboxylic acids is 1. The van der Waals surface area contributed by atoms with E-state index in [1.54, 1.807) is 0 Å². The molecule has 6 nitrogen and oxygen atoms in total. The highest BCUT2D eigenvalue weighted by Crippen LogP contribution is 2.18. The Bertz CT molecular complexity index is 928. The topological polar surface area (TPSA) is 104 Å². The first-order chi connectivity index (χ1) is 28.3. The van der Waals surface area contributed by atoms with Gasteiger partial charge in [-0.05, 0) is 12.8 Å². The van der Waals surface area contributed by atoms with Crippen LogP contribution in [-0.4, -0.2) is 41.9 Å². The minimum atomic E-state index is -4.31. The molecule has 0 saturated heterocycles. The van der Waals surface area contributed by atoms with Gasteiger partial charge in [0.25, 0.3) is 10.1 Å². The van der Waals surface area contributed by atoms with Gasteiger partial charge in [-0.25, -0.2) is 0 Å². The molecular formula is C51H103NO5S. The monoisotopic (exact) mass is 842 g/mol. The summed E-state index contributed by atoms with van der Waals surface area (Å²) < 4.78 is 32.8. The molecule has 0 aliphatic heterocycles. The quantitative estimate of drug-likeness (QED) is 0.0418. The Morgan fingerprint density at radius 3 is 0.862 bits per heavy atom. The number of unbranched alkanes of at least 4 members (excludes halogenated alkanes) is 41. The molecule has 0 aromatic carbocycles.